The maximum Gasteiger partial charge on any atom is 0.391 e. The highest BCUT2D eigenvalue weighted by Gasteiger charge is 2.32. The van der Waals surface area contributed by atoms with E-state index in [1.54, 1.807) is 0 Å². The van der Waals surface area contributed by atoms with Crippen LogP contribution in [0.25, 0.3) is 0 Å². The van der Waals surface area contributed by atoms with Crippen LogP contribution in [0, 0.1) is 0 Å². The van der Waals surface area contributed by atoms with Gasteiger partial charge in [0.05, 0.1) is 18.5 Å². The Hall–Kier alpha value is -1.18. The van der Waals surface area contributed by atoms with Gasteiger partial charge in [-0.1, -0.05) is 6.92 Å². The number of aromatic nitrogens is 4. The Labute approximate surface area is 104 Å². The number of alkyl halides is 3. The lowest BCUT2D eigenvalue weighted by atomic mass is 10.2. The zero-order chi connectivity index (χ0) is 13.8. The number of rotatable bonds is 6. The third-order valence-corrected chi connectivity index (χ3v) is 2.55. The first-order valence-corrected chi connectivity index (χ1v) is 5.93. The van der Waals surface area contributed by atoms with Gasteiger partial charge in [0.25, 0.3) is 0 Å². The van der Waals surface area contributed by atoms with Gasteiger partial charge in [-0.15, -0.1) is 5.10 Å². The van der Waals surface area contributed by atoms with E-state index in [2.05, 4.69) is 20.8 Å². The number of halogens is 3. The lowest BCUT2D eigenvalue weighted by molar-refractivity contribution is -0.142. The van der Waals surface area contributed by atoms with Gasteiger partial charge in [0.2, 0.25) is 0 Å². The quantitative estimate of drug-likeness (QED) is 0.857. The molecule has 0 aliphatic heterocycles. The van der Waals surface area contributed by atoms with Crippen LogP contribution in [0.4, 0.5) is 13.2 Å². The van der Waals surface area contributed by atoms with Crippen LogP contribution in [-0.4, -0.2) is 32.9 Å². The molecule has 0 bridgehead atoms. The molecule has 1 aromatic rings. The normalized spacial score (nSPS) is 15.7. The molecule has 104 valence electrons. The summed E-state index contributed by atoms with van der Waals surface area (Å²) in [6, 6.07) is -0.975. The van der Waals surface area contributed by atoms with Crippen LogP contribution in [0.2, 0.25) is 0 Å². The third-order valence-electron chi connectivity index (χ3n) is 2.55. The van der Waals surface area contributed by atoms with Crippen molar-refractivity contribution in [1.82, 2.24) is 25.5 Å². The van der Waals surface area contributed by atoms with Gasteiger partial charge in [-0.05, 0) is 37.2 Å². The van der Waals surface area contributed by atoms with Crippen molar-refractivity contribution in [2.24, 2.45) is 0 Å². The molecule has 0 amide bonds. The fourth-order valence-electron chi connectivity index (χ4n) is 1.67. The SMILES string of the molecule is CCCNC(C)c1nnnn1C(C)CC(F)(F)F. The van der Waals surface area contributed by atoms with Crippen LogP contribution in [-0.2, 0) is 0 Å². The molecule has 0 fully saturated rings. The molecule has 0 aromatic carbocycles. The van der Waals surface area contributed by atoms with Crippen LogP contribution in [0.1, 0.15) is 51.5 Å². The number of hydrogen-bond acceptors (Lipinski definition) is 4. The molecular weight excluding hydrogens is 247 g/mol. The fraction of sp³-hybridized carbons (Fsp3) is 0.900. The molecule has 8 heteroatoms. The highest BCUT2D eigenvalue weighted by molar-refractivity contribution is 4.91. The molecule has 2 atom stereocenters. The van der Waals surface area contributed by atoms with Gasteiger partial charge in [-0.25, -0.2) is 4.68 Å². The maximum absolute atomic E-state index is 12.3. The van der Waals surface area contributed by atoms with Gasteiger partial charge < -0.3 is 5.32 Å². The monoisotopic (exact) mass is 265 g/mol. The summed E-state index contributed by atoms with van der Waals surface area (Å²) in [5.74, 6) is 0.431. The Morgan fingerprint density at radius 2 is 2.00 bits per heavy atom. The number of tetrazole rings is 1. The van der Waals surface area contributed by atoms with E-state index in [4.69, 9.17) is 0 Å². The van der Waals surface area contributed by atoms with E-state index in [0.717, 1.165) is 13.0 Å². The average Bonchev–Trinajstić information content (AvgIpc) is 2.72. The van der Waals surface area contributed by atoms with Crippen molar-refractivity contribution in [2.75, 3.05) is 6.54 Å². The summed E-state index contributed by atoms with van der Waals surface area (Å²) >= 11 is 0. The number of nitrogens with zero attached hydrogens (tertiary/aromatic N) is 4. The lowest BCUT2D eigenvalue weighted by Crippen LogP contribution is -2.26. The van der Waals surface area contributed by atoms with Crippen molar-refractivity contribution >= 4 is 0 Å². The van der Waals surface area contributed by atoms with E-state index in [-0.39, 0.29) is 6.04 Å². The summed E-state index contributed by atoms with van der Waals surface area (Å²) in [6.07, 6.45) is -4.22. The summed E-state index contributed by atoms with van der Waals surface area (Å²) in [6.45, 7) is 6.06. The summed E-state index contributed by atoms with van der Waals surface area (Å²) in [7, 11) is 0. The molecule has 1 heterocycles. The van der Waals surface area contributed by atoms with Crippen molar-refractivity contribution in [3.05, 3.63) is 5.82 Å². The highest BCUT2D eigenvalue weighted by atomic mass is 19.4. The van der Waals surface area contributed by atoms with Crippen LogP contribution in [0.5, 0.6) is 0 Å². The molecule has 0 radical (unpaired) electrons. The number of nitrogens with one attached hydrogen (secondary N) is 1. The van der Waals surface area contributed by atoms with Gasteiger partial charge in [0.15, 0.2) is 5.82 Å². The van der Waals surface area contributed by atoms with E-state index in [1.165, 1.54) is 11.6 Å². The summed E-state index contributed by atoms with van der Waals surface area (Å²) in [4.78, 5) is 0. The van der Waals surface area contributed by atoms with Crippen molar-refractivity contribution in [3.8, 4) is 0 Å². The van der Waals surface area contributed by atoms with E-state index in [1.807, 2.05) is 13.8 Å². The zero-order valence-corrected chi connectivity index (χ0v) is 10.7. The Kier molecular flexibility index (Phi) is 5.06. The summed E-state index contributed by atoms with van der Waals surface area (Å²) < 4.78 is 38.2. The van der Waals surface area contributed by atoms with E-state index in [0.29, 0.717) is 5.82 Å². The average molecular weight is 265 g/mol. The van der Waals surface area contributed by atoms with E-state index < -0.39 is 18.6 Å². The summed E-state index contributed by atoms with van der Waals surface area (Å²) in [5, 5.41) is 14.0. The first-order valence-electron chi connectivity index (χ1n) is 5.93. The van der Waals surface area contributed by atoms with E-state index >= 15 is 0 Å². The molecular formula is C10H18F3N5. The molecule has 1 aromatic heterocycles. The largest absolute Gasteiger partial charge is 0.391 e. The molecule has 1 rings (SSSR count). The second-order valence-corrected chi connectivity index (χ2v) is 4.33. The van der Waals surface area contributed by atoms with Crippen molar-refractivity contribution < 1.29 is 13.2 Å². The molecule has 0 aliphatic rings. The Bertz CT molecular complexity index is 363. The Balaban J connectivity index is 2.75. The fourth-order valence-corrected chi connectivity index (χ4v) is 1.67. The van der Waals surface area contributed by atoms with Crippen molar-refractivity contribution in [1.29, 1.82) is 0 Å². The van der Waals surface area contributed by atoms with E-state index in [9.17, 15) is 13.2 Å². The predicted octanol–water partition coefficient (Wildman–Crippen LogP) is 2.25. The molecule has 0 aliphatic carbocycles. The molecule has 0 spiro atoms. The molecule has 5 nitrogen and oxygen atoms in total. The van der Waals surface area contributed by atoms with Crippen LogP contribution < -0.4 is 5.32 Å². The standard InChI is InChI=1S/C10H18F3N5/c1-4-5-14-8(3)9-15-16-17-18(9)7(2)6-10(11,12)13/h7-8,14H,4-6H2,1-3H3. The minimum atomic E-state index is -4.22. The van der Waals surface area contributed by atoms with Gasteiger partial charge >= 0.3 is 6.18 Å². The topological polar surface area (TPSA) is 55.6 Å². The minimum absolute atomic E-state index is 0.171. The number of hydrogen-bond donors (Lipinski definition) is 1. The minimum Gasteiger partial charge on any atom is -0.307 e. The zero-order valence-electron chi connectivity index (χ0n) is 10.7. The predicted molar refractivity (Wildman–Crippen MR) is 59.9 cm³/mol. The second kappa shape index (κ2) is 6.12. The van der Waals surface area contributed by atoms with Crippen LogP contribution in [0.15, 0.2) is 0 Å². The Morgan fingerprint density at radius 3 is 2.56 bits per heavy atom. The molecule has 2 unspecified atom stereocenters. The van der Waals surface area contributed by atoms with Gasteiger partial charge in [0, 0.05) is 0 Å². The van der Waals surface area contributed by atoms with Gasteiger partial charge in [0.1, 0.15) is 0 Å². The van der Waals surface area contributed by atoms with Crippen LogP contribution >= 0.6 is 0 Å². The molecule has 0 saturated carbocycles. The van der Waals surface area contributed by atoms with Crippen molar-refractivity contribution in [2.45, 2.75) is 51.9 Å². The highest BCUT2D eigenvalue weighted by Crippen LogP contribution is 2.28. The molecule has 18 heavy (non-hydrogen) atoms. The maximum atomic E-state index is 12.3. The smallest absolute Gasteiger partial charge is 0.307 e. The van der Waals surface area contributed by atoms with Crippen molar-refractivity contribution in [3.63, 3.8) is 0 Å². The second-order valence-electron chi connectivity index (χ2n) is 4.33. The molecule has 1 N–H and O–H groups in total. The van der Waals surface area contributed by atoms with Gasteiger partial charge in [-0.2, -0.15) is 13.2 Å². The first-order chi connectivity index (χ1) is 8.35. The van der Waals surface area contributed by atoms with Crippen LogP contribution in [0.3, 0.4) is 0 Å². The first kappa shape index (κ1) is 14.9. The third kappa shape index (κ3) is 4.25. The molecule has 0 saturated heterocycles. The Morgan fingerprint density at radius 1 is 1.33 bits per heavy atom. The summed E-state index contributed by atoms with van der Waals surface area (Å²) in [5.41, 5.74) is 0. The lowest BCUT2D eigenvalue weighted by Gasteiger charge is -2.18. The van der Waals surface area contributed by atoms with Gasteiger partial charge in [-0.3, -0.25) is 0 Å².